The molecule has 4 N–H and O–H groups in total. The van der Waals surface area contributed by atoms with E-state index in [0.717, 1.165) is 6.42 Å². The molecule has 2 amide bonds. The number of nitrogens with zero attached hydrogens (tertiary/aromatic N) is 1. The number of hydrogen-bond acceptors (Lipinski definition) is 4. The average molecular weight is 293 g/mol. The Labute approximate surface area is 122 Å². The number of nitrogens with one attached hydrogen (secondary N) is 1. The number of anilines is 2. The summed E-state index contributed by atoms with van der Waals surface area (Å²) >= 11 is 0. The molecule has 1 unspecified atom stereocenters. The number of carboxylic acid groups (broad SMARTS) is 1. The Bertz CT molecular complexity index is 515. The van der Waals surface area contributed by atoms with Crippen molar-refractivity contribution in [3.05, 3.63) is 24.3 Å². The lowest BCUT2D eigenvalue weighted by atomic mass is 10.2. The van der Waals surface area contributed by atoms with E-state index in [1.165, 1.54) is 4.90 Å². The van der Waals surface area contributed by atoms with Gasteiger partial charge in [0.25, 0.3) is 0 Å². The summed E-state index contributed by atoms with van der Waals surface area (Å²) in [5.41, 5.74) is 6.82. The van der Waals surface area contributed by atoms with Crippen LogP contribution in [0, 0.1) is 0 Å². The molecule has 1 aliphatic heterocycles. The fourth-order valence-electron chi connectivity index (χ4n) is 2.17. The summed E-state index contributed by atoms with van der Waals surface area (Å²) < 4.78 is 5.21. The van der Waals surface area contributed by atoms with Crippen LogP contribution in [0.1, 0.15) is 12.8 Å². The number of rotatable bonds is 5. The number of nitrogen functional groups attached to an aromatic ring is 1. The number of ether oxygens (including phenoxy) is 1. The second kappa shape index (κ2) is 6.94. The van der Waals surface area contributed by atoms with Crippen LogP contribution in [0.25, 0.3) is 0 Å². The lowest BCUT2D eigenvalue weighted by molar-refractivity contribution is -0.136. The molecular formula is C14H19N3O4. The van der Waals surface area contributed by atoms with Crippen LogP contribution in [0.4, 0.5) is 16.2 Å². The highest BCUT2D eigenvalue weighted by Gasteiger charge is 2.23. The number of carboxylic acids is 1. The van der Waals surface area contributed by atoms with Crippen molar-refractivity contribution in [1.82, 2.24) is 5.32 Å². The maximum atomic E-state index is 12.4. The van der Waals surface area contributed by atoms with Gasteiger partial charge in [-0.3, -0.25) is 9.69 Å². The quantitative estimate of drug-likeness (QED) is 0.704. The van der Waals surface area contributed by atoms with Crippen LogP contribution in [0.15, 0.2) is 24.3 Å². The van der Waals surface area contributed by atoms with E-state index in [-0.39, 0.29) is 25.0 Å². The monoisotopic (exact) mass is 293 g/mol. The molecule has 0 aliphatic carbocycles. The summed E-state index contributed by atoms with van der Waals surface area (Å²) in [6.07, 6.45) is 0.603. The molecule has 1 atom stereocenters. The van der Waals surface area contributed by atoms with Crippen molar-refractivity contribution in [2.24, 2.45) is 0 Å². The van der Waals surface area contributed by atoms with E-state index < -0.39 is 5.97 Å². The first kappa shape index (κ1) is 15.1. The molecule has 1 saturated heterocycles. The maximum Gasteiger partial charge on any atom is 0.322 e. The smallest absolute Gasteiger partial charge is 0.322 e. The number of carbonyl (C=O) groups excluding carboxylic acids is 1. The zero-order valence-corrected chi connectivity index (χ0v) is 11.6. The molecule has 0 spiro atoms. The van der Waals surface area contributed by atoms with E-state index in [1.807, 2.05) is 0 Å². The van der Waals surface area contributed by atoms with Gasteiger partial charge in [-0.05, 0) is 18.6 Å². The van der Waals surface area contributed by atoms with Gasteiger partial charge in [-0.1, -0.05) is 12.1 Å². The molecule has 7 nitrogen and oxygen atoms in total. The molecule has 1 aromatic rings. The molecule has 1 aromatic carbocycles. The highest BCUT2D eigenvalue weighted by Crippen LogP contribution is 2.23. The van der Waals surface area contributed by atoms with Gasteiger partial charge in [-0.25, -0.2) is 4.79 Å². The van der Waals surface area contributed by atoms with Gasteiger partial charge in [0.05, 0.1) is 30.4 Å². The molecule has 1 fully saturated rings. The van der Waals surface area contributed by atoms with Crippen LogP contribution in [0.2, 0.25) is 0 Å². The summed E-state index contributed by atoms with van der Waals surface area (Å²) in [5.74, 6) is -0.966. The Morgan fingerprint density at radius 2 is 2.19 bits per heavy atom. The summed E-state index contributed by atoms with van der Waals surface area (Å²) in [6, 6.07) is 6.48. The van der Waals surface area contributed by atoms with E-state index in [4.69, 9.17) is 15.6 Å². The number of amides is 2. The number of benzene rings is 1. The predicted octanol–water partition coefficient (Wildman–Crippen LogP) is 1.05. The Kier molecular flexibility index (Phi) is 4.99. The first-order chi connectivity index (χ1) is 10.1. The molecule has 1 aliphatic rings. The fourth-order valence-corrected chi connectivity index (χ4v) is 2.17. The van der Waals surface area contributed by atoms with Crippen LogP contribution in [0.5, 0.6) is 0 Å². The number of carbonyl (C=O) groups is 2. The zero-order valence-electron chi connectivity index (χ0n) is 11.6. The van der Waals surface area contributed by atoms with Crippen molar-refractivity contribution >= 4 is 23.4 Å². The van der Waals surface area contributed by atoms with Crippen molar-refractivity contribution in [2.45, 2.75) is 18.9 Å². The first-order valence-electron chi connectivity index (χ1n) is 6.80. The molecule has 0 radical (unpaired) electrons. The lowest BCUT2D eigenvalue weighted by Gasteiger charge is -2.25. The largest absolute Gasteiger partial charge is 0.481 e. The number of aliphatic carboxylic acids is 1. The molecule has 7 heteroatoms. The second-order valence-electron chi connectivity index (χ2n) is 4.86. The van der Waals surface area contributed by atoms with Crippen molar-refractivity contribution in [3.8, 4) is 0 Å². The highest BCUT2D eigenvalue weighted by atomic mass is 16.5. The highest BCUT2D eigenvalue weighted by molar-refractivity contribution is 5.95. The Balaban J connectivity index is 2.12. The Morgan fingerprint density at radius 3 is 2.81 bits per heavy atom. The molecule has 0 saturated carbocycles. The van der Waals surface area contributed by atoms with Crippen LogP contribution >= 0.6 is 0 Å². The van der Waals surface area contributed by atoms with Crippen molar-refractivity contribution < 1.29 is 19.4 Å². The van der Waals surface area contributed by atoms with Gasteiger partial charge in [0.15, 0.2) is 0 Å². The maximum absolute atomic E-state index is 12.4. The standard InChI is InChI=1S/C14H19N3O4/c15-11-3-1-2-4-12(11)17(7-5-13(18)19)14(20)16-10-6-8-21-9-10/h1-4,10H,5-9,15H2,(H,16,20)(H,18,19). The summed E-state index contributed by atoms with van der Waals surface area (Å²) in [5, 5.41) is 11.7. The van der Waals surface area contributed by atoms with Gasteiger partial charge in [0, 0.05) is 13.2 Å². The van der Waals surface area contributed by atoms with Gasteiger partial charge in [-0.2, -0.15) is 0 Å². The summed E-state index contributed by atoms with van der Waals surface area (Å²) in [6.45, 7) is 1.15. The number of urea groups is 1. The van der Waals surface area contributed by atoms with E-state index in [9.17, 15) is 9.59 Å². The third-order valence-electron chi connectivity index (χ3n) is 3.28. The van der Waals surface area contributed by atoms with Crippen LogP contribution < -0.4 is 16.0 Å². The van der Waals surface area contributed by atoms with E-state index in [0.29, 0.717) is 24.6 Å². The topological polar surface area (TPSA) is 105 Å². The van der Waals surface area contributed by atoms with E-state index >= 15 is 0 Å². The molecule has 0 aromatic heterocycles. The molecule has 2 rings (SSSR count). The van der Waals surface area contributed by atoms with E-state index in [2.05, 4.69) is 5.32 Å². The SMILES string of the molecule is Nc1ccccc1N(CCC(=O)O)C(=O)NC1CCOC1. The summed E-state index contributed by atoms with van der Waals surface area (Å²) in [7, 11) is 0. The minimum absolute atomic E-state index is 0.0465. The second-order valence-corrected chi connectivity index (χ2v) is 4.86. The minimum Gasteiger partial charge on any atom is -0.481 e. The van der Waals surface area contributed by atoms with Crippen LogP contribution in [-0.4, -0.2) is 42.9 Å². The molecule has 1 heterocycles. The Morgan fingerprint density at radius 1 is 1.43 bits per heavy atom. The molecule has 114 valence electrons. The van der Waals surface area contributed by atoms with Crippen molar-refractivity contribution in [3.63, 3.8) is 0 Å². The third kappa shape index (κ3) is 4.09. The van der Waals surface area contributed by atoms with Crippen LogP contribution in [0.3, 0.4) is 0 Å². The fraction of sp³-hybridized carbons (Fsp3) is 0.429. The predicted molar refractivity (Wildman–Crippen MR) is 78.2 cm³/mol. The lowest BCUT2D eigenvalue weighted by Crippen LogP contribution is -2.46. The summed E-state index contributed by atoms with van der Waals surface area (Å²) in [4.78, 5) is 24.5. The number of nitrogens with two attached hydrogens (primary N) is 1. The van der Waals surface area contributed by atoms with E-state index in [1.54, 1.807) is 24.3 Å². The average Bonchev–Trinajstić information content (AvgIpc) is 2.93. The van der Waals surface area contributed by atoms with Gasteiger partial charge in [0.2, 0.25) is 0 Å². The van der Waals surface area contributed by atoms with Crippen molar-refractivity contribution in [2.75, 3.05) is 30.4 Å². The van der Waals surface area contributed by atoms with Gasteiger partial charge in [-0.15, -0.1) is 0 Å². The minimum atomic E-state index is -0.966. The van der Waals surface area contributed by atoms with Gasteiger partial charge >= 0.3 is 12.0 Å². The van der Waals surface area contributed by atoms with Gasteiger partial charge < -0.3 is 20.9 Å². The molecule has 21 heavy (non-hydrogen) atoms. The molecule has 0 bridgehead atoms. The molecular weight excluding hydrogens is 274 g/mol. The van der Waals surface area contributed by atoms with Crippen molar-refractivity contribution in [1.29, 1.82) is 0 Å². The number of para-hydroxylation sites is 2. The van der Waals surface area contributed by atoms with Gasteiger partial charge in [0.1, 0.15) is 0 Å². The first-order valence-corrected chi connectivity index (χ1v) is 6.80. The van der Waals surface area contributed by atoms with Crippen LogP contribution in [-0.2, 0) is 9.53 Å². The Hall–Kier alpha value is -2.28. The number of hydrogen-bond donors (Lipinski definition) is 3. The normalized spacial score (nSPS) is 17.4. The third-order valence-corrected chi connectivity index (χ3v) is 3.28. The zero-order chi connectivity index (χ0) is 15.2.